The van der Waals surface area contributed by atoms with E-state index in [1.807, 2.05) is 13.0 Å². The average molecular weight is 328 g/mol. The van der Waals surface area contributed by atoms with E-state index < -0.39 is 10.8 Å². The maximum Gasteiger partial charge on any atom is 0.322 e. The second kappa shape index (κ2) is 7.64. The molecule has 0 spiro atoms. The minimum absolute atomic E-state index is 0.110. The van der Waals surface area contributed by atoms with Crippen LogP contribution in [0.15, 0.2) is 18.2 Å². The van der Waals surface area contributed by atoms with Gasteiger partial charge >= 0.3 is 5.97 Å². The summed E-state index contributed by atoms with van der Waals surface area (Å²) in [7, 11) is 1.31. The Bertz CT molecular complexity index is 484. The molecule has 0 bridgehead atoms. The van der Waals surface area contributed by atoms with E-state index in [-0.39, 0.29) is 6.61 Å². The van der Waals surface area contributed by atoms with E-state index in [1.54, 1.807) is 18.2 Å². The van der Waals surface area contributed by atoms with Crippen molar-refractivity contribution in [3.05, 3.63) is 23.8 Å². The Balaban J connectivity index is 2.77. The van der Waals surface area contributed by atoms with Crippen LogP contribution in [0, 0.1) is 11.3 Å². The first-order valence-corrected chi connectivity index (χ1v) is 6.55. The van der Waals surface area contributed by atoms with Crippen LogP contribution in [0.2, 0.25) is 0 Å². The maximum atomic E-state index is 11.2. The number of halogens is 1. The molecule has 1 unspecified atom stereocenters. The number of benzene rings is 1. The standard InChI is InChI=1S/C13H14BrNO4/c1-3-18-12-6-9(7-15)4-5-11(12)19-8-10(14)13(16)17-2/h4-6,10H,3,8H2,1-2H3. The van der Waals surface area contributed by atoms with E-state index in [9.17, 15) is 4.79 Å². The summed E-state index contributed by atoms with van der Waals surface area (Å²) in [6, 6.07) is 6.89. The molecule has 0 aliphatic heterocycles. The molecule has 0 radical (unpaired) electrons. The average Bonchev–Trinajstić information content (AvgIpc) is 2.44. The second-order valence-corrected chi connectivity index (χ2v) is 4.61. The van der Waals surface area contributed by atoms with Crippen molar-refractivity contribution in [3.8, 4) is 17.6 Å². The Morgan fingerprint density at radius 2 is 2.16 bits per heavy atom. The summed E-state index contributed by atoms with van der Waals surface area (Å²) in [5.74, 6) is 0.548. The minimum atomic E-state index is -0.553. The summed E-state index contributed by atoms with van der Waals surface area (Å²) < 4.78 is 15.5. The maximum absolute atomic E-state index is 11.2. The molecule has 1 aromatic carbocycles. The molecule has 5 nitrogen and oxygen atoms in total. The zero-order valence-electron chi connectivity index (χ0n) is 10.7. The van der Waals surface area contributed by atoms with Gasteiger partial charge in [-0.25, -0.2) is 0 Å². The lowest BCUT2D eigenvalue weighted by atomic mass is 10.2. The Morgan fingerprint density at radius 3 is 2.74 bits per heavy atom. The van der Waals surface area contributed by atoms with Crippen LogP contribution >= 0.6 is 15.9 Å². The van der Waals surface area contributed by atoms with Crippen molar-refractivity contribution in [2.45, 2.75) is 11.8 Å². The molecular formula is C13H14BrNO4. The molecule has 0 fully saturated rings. The predicted molar refractivity (Wildman–Crippen MR) is 72.6 cm³/mol. The molecule has 0 aliphatic carbocycles. The highest BCUT2D eigenvalue weighted by Gasteiger charge is 2.17. The van der Waals surface area contributed by atoms with Gasteiger partial charge in [0, 0.05) is 6.07 Å². The van der Waals surface area contributed by atoms with Crippen LogP contribution in [0.3, 0.4) is 0 Å². The fourth-order valence-corrected chi connectivity index (χ4v) is 1.64. The van der Waals surface area contributed by atoms with E-state index >= 15 is 0 Å². The first-order chi connectivity index (χ1) is 9.12. The number of ether oxygens (including phenoxy) is 3. The smallest absolute Gasteiger partial charge is 0.322 e. The molecule has 0 amide bonds. The molecule has 0 aromatic heterocycles. The second-order valence-electron chi connectivity index (χ2n) is 3.51. The highest BCUT2D eigenvalue weighted by atomic mass is 79.9. The lowest BCUT2D eigenvalue weighted by molar-refractivity contribution is -0.140. The molecule has 0 aliphatic rings. The number of rotatable bonds is 6. The van der Waals surface area contributed by atoms with Crippen molar-refractivity contribution in [1.29, 1.82) is 5.26 Å². The number of carbonyl (C=O) groups is 1. The summed E-state index contributed by atoms with van der Waals surface area (Å²) in [5.41, 5.74) is 0.485. The lowest BCUT2D eigenvalue weighted by Crippen LogP contribution is -2.23. The van der Waals surface area contributed by atoms with E-state index in [1.165, 1.54) is 7.11 Å². The van der Waals surface area contributed by atoms with E-state index in [0.717, 1.165) is 0 Å². The Kier molecular flexibility index (Phi) is 6.16. The van der Waals surface area contributed by atoms with Gasteiger partial charge in [-0.15, -0.1) is 0 Å². The van der Waals surface area contributed by atoms with Gasteiger partial charge in [0.1, 0.15) is 11.4 Å². The number of hydrogen-bond donors (Lipinski definition) is 0. The molecule has 1 atom stereocenters. The summed E-state index contributed by atoms with van der Waals surface area (Å²) in [6.45, 7) is 2.41. The largest absolute Gasteiger partial charge is 0.490 e. The molecule has 102 valence electrons. The summed E-state index contributed by atoms with van der Waals surface area (Å²) in [5, 5.41) is 8.83. The van der Waals surface area contributed by atoms with Gasteiger partial charge < -0.3 is 14.2 Å². The molecule has 1 rings (SSSR count). The normalized spacial score (nSPS) is 11.3. The molecule has 0 N–H and O–H groups in total. The molecule has 19 heavy (non-hydrogen) atoms. The van der Waals surface area contributed by atoms with Gasteiger partial charge in [-0.2, -0.15) is 5.26 Å². The Hall–Kier alpha value is -1.74. The van der Waals surface area contributed by atoms with Gasteiger partial charge in [-0.1, -0.05) is 15.9 Å². The van der Waals surface area contributed by atoms with Crippen molar-refractivity contribution in [3.63, 3.8) is 0 Å². The Morgan fingerprint density at radius 1 is 1.42 bits per heavy atom. The number of carbonyl (C=O) groups excluding carboxylic acids is 1. The van der Waals surface area contributed by atoms with Gasteiger partial charge in [0.05, 0.1) is 25.3 Å². The number of nitriles is 1. The van der Waals surface area contributed by atoms with Crippen LogP contribution in [0.25, 0.3) is 0 Å². The topological polar surface area (TPSA) is 68.5 Å². The van der Waals surface area contributed by atoms with Gasteiger partial charge in [0.25, 0.3) is 0 Å². The molecule has 0 saturated carbocycles. The number of nitrogens with zero attached hydrogens (tertiary/aromatic N) is 1. The third kappa shape index (κ3) is 4.45. The third-order valence-corrected chi connectivity index (χ3v) is 2.85. The molecule has 6 heteroatoms. The molecule has 0 saturated heterocycles. The van der Waals surface area contributed by atoms with Crippen molar-refractivity contribution in [2.24, 2.45) is 0 Å². The molecular weight excluding hydrogens is 314 g/mol. The lowest BCUT2D eigenvalue weighted by Gasteiger charge is -2.13. The zero-order valence-corrected chi connectivity index (χ0v) is 12.3. The van der Waals surface area contributed by atoms with Crippen molar-refractivity contribution >= 4 is 21.9 Å². The van der Waals surface area contributed by atoms with Crippen LogP contribution < -0.4 is 9.47 Å². The van der Waals surface area contributed by atoms with Crippen molar-refractivity contribution in [1.82, 2.24) is 0 Å². The van der Waals surface area contributed by atoms with E-state index in [2.05, 4.69) is 20.7 Å². The number of esters is 1. The minimum Gasteiger partial charge on any atom is -0.490 e. The van der Waals surface area contributed by atoms with Crippen molar-refractivity contribution < 1.29 is 19.0 Å². The fraction of sp³-hybridized carbons (Fsp3) is 0.385. The quantitative estimate of drug-likeness (QED) is 0.592. The SMILES string of the molecule is CCOc1cc(C#N)ccc1OCC(Br)C(=O)OC. The van der Waals surface area contributed by atoms with Crippen molar-refractivity contribution in [2.75, 3.05) is 20.3 Å². The van der Waals surface area contributed by atoms with Crippen LogP contribution in [0.4, 0.5) is 0 Å². The first kappa shape index (κ1) is 15.3. The molecule has 0 heterocycles. The van der Waals surface area contributed by atoms with Gasteiger partial charge in [-0.05, 0) is 19.1 Å². The summed E-state index contributed by atoms with van der Waals surface area (Å²) in [4.78, 5) is 10.7. The van der Waals surface area contributed by atoms with Crippen LogP contribution in [-0.2, 0) is 9.53 Å². The van der Waals surface area contributed by atoms with Crippen LogP contribution in [-0.4, -0.2) is 31.1 Å². The molecule has 1 aromatic rings. The third-order valence-electron chi connectivity index (χ3n) is 2.21. The fourth-order valence-electron chi connectivity index (χ4n) is 1.32. The predicted octanol–water partition coefficient (Wildman–Crippen LogP) is 2.27. The van der Waals surface area contributed by atoms with E-state index in [4.69, 9.17) is 14.7 Å². The van der Waals surface area contributed by atoms with E-state index in [0.29, 0.717) is 23.7 Å². The first-order valence-electron chi connectivity index (χ1n) is 5.64. The van der Waals surface area contributed by atoms with Gasteiger partial charge in [0.2, 0.25) is 0 Å². The number of alkyl halides is 1. The zero-order chi connectivity index (χ0) is 14.3. The monoisotopic (exact) mass is 327 g/mol. The summed E-state index contributed by atoms with van der Waals surface area (Å²) in [6.07, 6.45) is 0. The highest BCUT2D eigenvalue weighted by molar-refractivity contribution is 9.10. The van der Waals surface area contributed by atoms with Gasteiger partial charge in [0.15, 0.2) is 11.5 Å². The van der Waals surface area contributed by atoms with Gasteiger partial charge in [-0.3, -0.25) is 4.79 Å². The summed E-state index contributed by atoms with van der Waals surface area (Å²) >= 11 is 3.16. The number of methoxy groups -OCH3 is 1. The van der Waals surface area contributed by atoms with Crippen LogP contribution in [0.1, 0.15) is 12.5 Å². The Labute approximate surface area is 120 Å². The highest BCUT2D eigenvalue weighted by Crippen LogP contribution is 2.28. The van der Waals surface area contributed by atoms with Crippen LogP contribution in [0.5, 0.6) is 11.5 Å². The number of hydrogen-bond acceptors (Lipinski definition) is 5.